The van der Waals surface area contributed by atoms with E-state index in [1.165, 1.54) is 6.26 Å². The van der Waals surface area contributed by atoms with E-state index in [1.807, 2.05) is 24.3 Å². The maximum absolute atomic E-state index is 13.0. The molecular weight excluding hydrogens is 366 g/mol. The molecule has 2 aliphatic heterocycles. The Kier molecular flexibility index (Phi) is 6.19. The molecular formula is C20H24ClN3O3. The van der Waals surface area contributed by atoms with Crippen LogP contribution in [0.2, 0.25) is 0 Å². The Bertz CT molecular complexity index is 788. The first kappa shape index (κ1) is 19.5. The topological polar surface area (TPSA) is 74.6 Å². The van der Waals surface area contributed by atoms with E-state index < -0.39 is 6.04 Å². The average molecular weight is 390 g/mol. The minimum atomic E-state index is -0.524. The molecule has 0 aliphatic carbocycles. The molecule has 1 aromatic carbocycles. The molecule has 27 heavy (non-hydrogen) atoms. The van der Waals surface area contributed by atoms with Crippen LogP contribution in [0.1, 0.15) is 34.5 Å². The van der Waals surface area contributed by atoms with Crippen molar-refractivity contribution in [2.45, 2.75) is 37.9 Å². The molecule has 2 atom stereocenters. The molecule has 144 valence electrons. The fraction of sp³-hybridized carbons (Fsp3) is 0.400. The summed E-state index contributed by atoms with van der Waals surface area (Å²) in [7, 11) is 0. The highest BCUT2D eigenvalue weighted by molar-refractivity contribution is 5.96. The maximum Gasteiger partial charge on any atom is 0.290 e. The lowest BCUT2D eigenvalue weighted by molar-refractivity contribution is -0.127. The minimum Gasteiger partial charge on any atom is -0.459 e. The molecule has 1 aromatic heterocycles. The van der Waals surface area contributed by atoms with E-state index in [0.29, 0.717) is 13.0 Å². The van der Waals surface area contributed by atoms with E-state index in [2.05, 4.69) is 10.6 Å². The molecule has 0 bridgehead atoms. The number of halogens is 1. The lowest BCUT2D eigenvalue weighted by Crippen LogP contribution is -2.56. The van der Waals surface area contributed by atoms with Gasteiger partial charge in [-0.3, -0.25) is 9.59 Å². The highest BCUT2D eigenvalue weighted by Crippen LogP contribution is 2.25. The molecule has 0 saturated carbocycles. The number of amides is 2. The van der Waals surface area contributed by atoms with Crippen molar-refractivity contribution >= 4 is 24.2 Å². The van der Waals surface area contributed by atoms with Crippen molar-refractivity contribution in [3.8, 4) is 0 Å². The van der Waals surface area contributed by atoms with E-state index in [1.54, 1.807) is 17.0 Å². The zero-order valence-electron chi connectivity index (χ0n) is 15.0. The number of carbonyl (C=O) groups excluding carboxylic acids is 2. The Balaban J connectivity index is 0.00000210. The Morgan fingerprint density at radius 2 is 1.96 bits per heavy atom. The van der Waals surface area contributed by atoms with Gasteiger partial charge >= 0.3 is 0 Å². The van der Waals surface area contributed by atoms with Crippen LogP contribution in [0.25, 0.3) is 0 Å². The third-order valence-corrected chi connectivity index (χ3v) is 5.19. The average Bonchev–Trinajstić information content (AvgIpc) is 3.22. The van der Waals surface area contributed by atoms with Crippen LogP contribution < -0.4 is 10.6 Å². The van der Waals surface area contributed by atoms with Crippen LogP contribution >= 0.6 is 12.4 Å². The summed E-state index contributed by atoms with van der Waals surface area (Å²) in [5.74, 6) is -0.0685. The Hall–Kier alpha value is -2.31. The van der Waals surface area contributed by atoms with Crippen molar-refractivity contribution in [1.29, 1.82) is 0 Å². The molecule has 0 spiro atoms. The number of nitrogens with one attached hydrogen (secondary N) is 2. The van der Waals surface area contributed by atoms with Crippen molar-refractivity contribution in [2.24, 2.45) is 0 Å². The van der Waals surface area contributed by atoms with Crippen LogP contribution in [0.3, 0.4) is 0 Å². The fourth-order valence-electron chi connectivity index (χ4n) is 3.78. The van der Waals surface area contributed by atoms with E-state index in [-0.39, 0.29) is 36.0 Å². The van der Waals surface area contributed by atoms with Gasteiger partial charge in [-0.15, -0.1) is 12.4 Å². The number of nitrogens with zero attached hydrogens (tertiary/aromatic N) is 1. The monoisotopic (exact) mass is 389 g/mol. The van der Waals surface area contributed by atoms with E-state index in [4.69, 9.17) is 4.42 Å². The van der Waals surface area contributed by atoms with Gasteiger partial charge in [-0.25, -0.2) is 0 Å². The van der Waals surface area contributed by atoms with Gasteiger partial charge in [0, 0.05) is 25.6 Å². The highest BCUT2D eigenvalue weighted by Gasteiger charge is 2.36. The quantitative estimate of drug-likeness (QED) is 0.843. The standard InChI is InChI=1S/C20H23N3O3.ClH/c24-19(22-16-7-3-9-21-12-16)17-11-14-5-1-2-6-15(14)13-23(17)20(25)18-8-4-10-26-18;/h1-2,4-6,8,10,16-17,21H,3,7,9,11-13H2,(H,22,24);1H. The summed E-state index contributed by atoms with van der Waals surface area (Å²) in [6, 6.07) is 10.9. The fourth-order valence-corrected chi connectivity index (χ4v) is 3.78. The number of benzene rings is 1. The van der Waals surface area contributed by atoms with Crippen LogP contribution in [-0.4, -0.2) is 41.9 Å². The van der Waals surface area contributed by atoms with Gasteiger partial charge in [-0.2, -0.15) is 0 Å². The summed E-state index contributed by atoms with van der Waals surface area (Å²) < 4.78 is 5.28. The van der Waals surface area contributed by atoms with E-state index in [9.17, 15) is 9.59 Å². The van der Waals surface area contributed by atoms with Crippen LogP contribution in [0.15, 0.2) is 47.1 Å². The smallest absolute Gasteiger partial charge is 0.290 e. The highest BCUT2D eigenvalue weighted by atomic mass is 35.5. The van der Waals surface area contributed by atoms with Crippen molar-refractivity contribution in [2.75, 3.05) is 13.1 Å². The number of hydrogen-bond donors (Lipinski definition) is 2. The SMILES string of the molecule is Cl.O=C(NC1CCCNC1)C1Cc2ccccc2CN1C(=O)c1ccco1. The molecule has 2 unspecified atom stereocenters. The molecule has 2 amide bonds. The molecule has 3 heterocycles. The Morgan fingerprint density at radius 3 is 2.67 bits per heavy atom. The lowest BCUT2D eigenvalue weighted by Gasteiger charge is -2.36. The normalized spacial score (nSPS) is 21.7. The summed E-state index contributed by atoms with van der Waals surface area (Å²) in [4.78, 5) is 27.5. The molecule has 1 fully saturated rings. The van der Waals surface area contributed by atoms with Gasteiger partial charge in [-0.1, -0.05) is 24.3 Å². The van der Waals surface area contributed by atoms with Crippen LogP contribution in [-0.2, 0) is 17.8 Å². The van der Waals surface area contributed by atoms with Crippen LogP contribution in [0, 0.1) is 0 Å². The number of furan rings is 1. The molecule has 2 aromatic rings. The first-order chi connectivity index (χ1) is 12.7. The van der Waals surface area contributed by atoms with Gasteiger partial charge in [0.1, 0.15) is 6.04 Å². The second-order valence-corrected chi connectivity index (χ2v) is 6.95. The van der Waals surface area contributed by atoms with Crippen LogP contribution in [0.4, 0.5) is 0 Å². The van der Waals surface area contributed by atoms with Gasteiger partial charge in [0.2, 0.25) is 5.91 Å². The van der Waals surface area contributed by atoms with Gasteiger partial charge in [0.25, 0.3) is 5.91 Å². The first-order valence-corrected chi connectivity index (χ1v) is 9.15. The molecule has 6 nitrogen and oxygen atoms in total. The molecule has 0 radical (unpaired) electrons. The zero-order chi connectivity index (χ0) is 17.9. The first-order valence-electron chi connectivity index (χ1n) is 9.15. The number of hydrogen-bond acceptors (Lipinski definition) is 4. The van der Waals surface area contributed by atoms with Crippen molar-refractivity contribution in [1.82, 2.24) is 15.5 Å². The number of piperidine rings is 1. The molecule has 2 aliphatic rings. The molecule has 1 saturated heterocycles. The predicted octanol–water partition coefficient (Wildman–Crippen LogP) is 2.14. The molecule has 2 N–H and O–H groups in total. The lowest BCUT2D eigenvalue weighted by atomic mass is 9.92. The van der Waals surface area contributed by atoms with E-state index >= 15 is 0 Å². The van der Waals surface area contributed by atoms with Gasteiger partial charge < -0.3 is 20.0 Å². The number of fused-ring (bicyclic) bond motifs is 1. The van der Waals surface area contributed by atoms with Crippen LogP contribution in [0.5, 0.6) is 0 Å². The summed E-state index contributed by atoms with van der Waals surface area (Å²) in [5, 5.41) is 6.43. The van der Waals surface area contributed by atoms with Crippen molar-refractivity contribution in [3.63, 3.8) is 0 Å². The largest absolute Gasteiger partial charge is 0.459 e. The van der Waals surface area contributed by atoms with Crippen molar-refractivity contribution < 1.29 is 14.0 Å². The third-order valence-electron chi connectivity index (χ3n) is 5.19. The summed E-state index contributed by atoms with van der Waals surface area (Å²) in [6.07, 6.45) is 4.02. The van der Waals surface area contributed by atoms with Crippen molar-refractivity contribution in [3.05, 3.63) is 59.5 Å². The van der Waals surface area contributed by atoms with Gasteiger partial charge in [0.15, 0.2) is 5.76 Å². The number of carbonyl (C=O) groups is 2. The zero-order valence-corrected chi connectivity index (χ0v) is 15.8. The number of rotatable bonds is 3. The molecule has 4 rings (SSSR count). The second kappa shape index (κ2) is 8.59. The Labute approximate surface area is 164 Å². The van der Waals surface area contributed by atoms with Gasteiger partial charge in [-0.05, 0) is 42.6 Å². The predicted molar refractivity (Wildman–Crippen MR) is 104 cm³/mol. The maximum atomic E-state index is 13.0. The summed E-state index contributed by atoms with van der Waals surface area (Å²) >= 11 is 0. The minimum absolute atomic E-state index is 0. The van der Waals surface area contributed by atoms with Gasteiger partial charge in [0.05, 0.1) is 6.26 Å². The molecule has 7 heteroatoms. The third kappa shape index (κ3) is 4.17. The van der Waals surface area contributed by atoms with E-state index in [0.717, 1.165) is 37.1 Å². The summed E-state index contributed by atoms with van der Waals surface area (Å²) in [6.45, 7) is 2.18. The second-order valence-electron chi connectivity index (χ2n) is 6.95. The summed E-state index contributed by atoms with van der Waals surface area (Å²) in [5.41, 5.74) is 2.20. The Morgan fingerprint density at radius 1 is 1.15 bits per heavy atom.